The maximum absolute atomic E-state index is 6.19. The van der Waals surface area contributed by atoms with E-state index in [1.54, 1.807) is 0 Å². The quantitative estimate of drug-likeness (QED) is 0.772. The smallest absolute Gasteiger partial charge is 0.258 e. The maximum Gasteiger partial charge on any atom is 0.258 e. The molecule has 0 amide bonds. The first kappa shape index (κ1) is 13.8. The Labute approximate surface area is 124 Å². The van der Waals surface area contributed by atoms with Crippen molar-refractivity contribution in [2.24, 2.45) is 11.1 Å². The van der Waals surface area contributed by atoms with E-state index in [1.165, 1.54) is 0 Å². The van der Waals surface area contributed by atoms with Crippen molar-refractivity contribution in [3.05, 3.63) is 48.3 Å². The summed E-state index contributed by atoms with van der Waals surface area (Å²) in [5.74, 6) is 1.06. The van der Waals surface area contributed by atoms with E-state index in [2.05, 4.69) is 49.1 Å². The molecule has 2 aromatic carbocycles. The van der Waals surface area contributed by atoms with E-state index in [0.717, 1.165) is 16.3 Å². The number of aromatic nitrogens is 2. The molecule has 1 atom stereocenters. The highest BCUT2D eigenvalue weighted by atomic mass is 16.5. The van der Waals surface area contributed by atoms with Crippen LogP contribution in [-0.2, 0) is 0 Å². The van der Waals surface area contributed by atoms with Gasteiger partial charge < -0.3 is 10.3 Å². The fourth-order valence-electron chi connectivity index (χ4n) is 2.27. The molecule has 3 aromatic rings. The van der Waals surface area contributed by atoms with Gasteiger partial charge in [-0.1, -0.05) is 62.3 Å². The van der Waals surface area contributed by atoms with Crippen molar-refractivity contribution in [2.45, 2.75) is 26.8 Å². The fourth-order valence-corrected chi connectivity index (χ4v) is 2.27. The van der Waals surface area contributed by atoms with Crippen LogP contribution in [0, 0.1) is 5.41 Å². The zero-order valence-corrected chi connectivity index (χ0v) is 12.5. The predicted molar refractivity (Wildman–Crippen MR) is 83.6 cm³/mol. The molecule has 0 bridgehead atoms. The molecular formula is C17H19N3O. The van der Waals surface area contributed by atoms with Crippen LogP contribution in [0.3, 0.4) is 0 Å². The van der Waals surface area contributed by atoms with Gasteiger partial charge in [-0.05, 0) is 22.3 Å². The van der Waals surface area contributed by atoms with Crippen LogP contribution in [0.5, 0.6) is 0 Å². The van der Waals surface area contributed by atoms with Gasteiger partial charge in [-0.25, -0.2) is 0 Å². The Morgan fingerprint density at radius 1 is 1.05 bits per heavy atom. The van der Waals surface area contributed by atoms with Crippen LogP contribution in [0.25, 0.3) is 22.2 Å². The van der Waals surface area contributed by atoms with E-state index in [0.29, 0.717) is 11.7 Å². The highest BCUT2D eigenvalue weighted by Gasteiger charge is 2.27. The normalized spacial score (nSPS) is 13.5. The first-order valence-electron chi connectivity index (χ1n) is 7.04. The van der Waals surface area contributed by atoms with Crippen LogP contribution >= 0.6 is 0 Å². The summed E-state index contributed by atoms with van der Waals surface area (Å²) in [6.45, 7) is 6.18. The van der Waals surface area contributed by atoms with Gasteiger partial charge >= 0.3 is 0 Å². The van der Waals surface area contributed by atoms with Crippen molar-refractivity contribution in [3.63, 3.8) is 0 Å². The second-order valence-electron chi connectivity index (χ2n) is 6.33. The molecule has 21 heavy (non-hydrogen) atoms. The van der Waals surface area contributed by atoms with Crippen LogP contribution < -0.4 is 5.73 Å². The Balaban J connectivity index is 2.07. The van der Waals surface area contributed by atoms with E-state index in [1.807, 2.05) is 24.3 Å². The molecule has 0 saturated heterocycles. The topological polar surface area (TPSA) is 64.9 Å². The van der Waals surface area contributed by atoms with Crippen molar-refractivity contribution in [3.8, 4) is 11.5 Å². The molecule has 1 heterocycles. The van der Waals surface area contributed by atoms with E-state index in [-0.39, 0.29) is 11.5 Å². The molecule has 0 aliphatic carbocycles. The van der Waals surface area contributed by atoms with Crippen molar-refractivity contribution < 1.29 is 4.52 Å². The van der Waals surface area contributed by atoms with E-state index >= 15 is 0 Å². The zero-order chi connectivity index (χ0) is 15.0. The molecule has 1 unspecified atom stereocenters. The summed E-state index contributed by atoms with van der Waals surface area (Å²) in [7, 11) is 0. The number of fused-ring (bicyclic) bond motifs is 1. The SMILES string of the molecule is CC(C)(C)C(N)c1noc(-c2cccc3ccccc23)n1. The number of rotatable bonds is 2. The van der Waals surface area contributed by atoms with Crippen molar-refractivity contribution >= 4 is 10.8 Å². The lowest BCUT2D eigenvalue weighted by atomic mass is 9.87. The summed E-state index contributed by atoms with van der Waals surface area (Å²) < 4.78 is 5.43. The first-order chi connectivity index (χ1) is 9.97. The van der Waals surface area contributed by atoms with Crippen molar-refractivity contribution in [2.75, 3.05) is 0 Å². The molecule has 0 aliphatic heterocycles. The van der Waals surface area contributed by atoms with Crippen LogP contribution in [0.1, 0.15) is 32.6 Å². The predicted octanol–water partition coefficient (Wildman–Crippen LogP) is 3.94. The first-order valence-corrected chi connectivity index (χ1v) is 7.04. The Morgan fingerprint density at radius 2 is 1.76 bits per heavy atom. The van der Waals surface area contributed by atoms with E-state index < -0.39 is 0 Å². The average molecular weight is 281 g/mol. The maximum atomic E-state index is 6.19. The minimum atomic E-state index is -0.259. The zero-order valence-electron chi connectivity index (χ0n) is 12.5. The standard InChI is InChI=1S/C17H19N3O/c1-17(2,3)14(18)15-19-16(21-20-15)13-10-6-8-11-7-4-5-9-12(11)13/h4-10,14H,18H2,1-3H3. The molecule has 108 valence electrons. The molecule has 4 heteroatoms. The Hall–Kier alpha value is -2.20. The second kappa shape index (κ2) is 4.97. The van der Waals surface area contributed by atoms with E-state index in [4.69, 9.17) is 10.3 Å². The largest absolute Gasteiger partial charge is 0.334 e. The van der Waals surface area contributed by atoms with Gasteiger partial charge in [0.1, 0.15) is 0 Å². The molecule has 2 N–H and O–H groups in total. The number of hydrogen-bond acceptors (Lipinski definition) is 4. The third-order valence-electron chi connectivity index (χ3n) is 3.67. The van der Waals surface area contributed by atoms with Gasteiger partial charge in [0.05, 0.1) is 6.04 Å². The molecule has 0 saturated carbocycles. The van der Waals surface area contributed by atoms with Gasteiger partial charge in [0.15, 0.2) is 5.82 Å². The average Bonchev–Trinajstić information content (AvgIpc) is 2.94. The van der Waals surface area contributed by atoms with Crippen molar-refractivity contribution in [1.29, 1.82) is 0 Å². The van der Waals surface area contributed by atoms with Gasteiger partial charge in [0.25, 0.3) is 5.89 Å². The number of hydrogen-bond donors (Lipinski definition) is 1. The Kier molecular flexibility index (Phi) is 3.26. The molecule has 4 nitrogen and oxygen atoms in total. The summed E-state index contributed by atoms with van der Waals surface area (Å²) >= 11 is 0. The van der Waals surface area contributed by atoms with Gasteiger partial charge in [-0.3, -0.25) is 0 Å². The minimum Gasteiger partial charge on any atom is -0.334 e. The van der Waals surface area contributed by atoms with Gasteiger partial charge in [-0.15, -0.1) is 0 Å². The van der Waals surface area contributed by atoms with Crippen molar-refractivity contribution in [1.82, 2.24) is 10.1 Å². The molecule has 0 fully saturated rings. The van der Waals surface area contributed by atoms with Gasteiger partial charge in [0, 0.05) is 5.56 Å². The lowest BCUT2D eigenvalue weighted by Gasteiger charge is -2.23. The van der Waals surface area contributed by atoms with Gasteiger partial charge in [0.2, 0.25) is 0 Å². The molecule has 0 aliphatic rings. The third-order valence-corrected chi connectivity index (χ3v) is 3.67. The second-order valence-corrected chi connectivity index (χ2v) is 6.33. The highest BCUT2D eigenvalue weighted by Crippen LogP contribution is 2.32. The van der Waals surface area contributed by atoms with Crippen LogP contribution in [0.15, 0.2) is 47.0 Å². The number of nitrogens with zero attached hydrogens (tertiary/aromatic N) is 2. The third kappa shape index (κ3) is 2.54. The molecule has 3 rings (SSSR count). The summed E-state index contributed by atoms with van der Waals surface area (Å²) in [5, 5.41) is 6.30. The highest BCUT2D eigenvalue weighted by molar-refractivity contribution is 5.94. The van der Waals surface area contributed by atoms with E-state index in [9.17, 15) is 0 Å². The fraction of sp³-hybridized carbons (Fsp3) is 0.294. The molecule has 0 radical (unpaired) electrons. The Morgan fingerprint density at radius 3 is 2.52 bits per heavy atom. The summed E-state index contributed by atoms with van der Waals surface area (Å²) in [6, 6.07) is 13.9. The van der Waals surface area contributed by atoms with Crippen LogP contribution in [-0.4, -0.2) is 10.1 Å². The lowest BCUT2D eigenvalue weighted by molar-refractivity contribution is 0.303. The summed E-state index contributed by atoms with van der Waals surface area (Å²) in [6.07, 6.45) is 0. The minimum absolute atomic E-state index is 0.111. The van der Waals surface area contributed by atoms with Crippen LogP contribution in [0.2, 0.25) is 0 Å². The monoisotopic (exact) mass is 281 g/mol. The molecule has 1 aromatic heterocycles. The number of nitrogens with two attached hydrogens (primary N) is 1. The summed E-state index contributed by atoms with van der Waals surface area (Å²) in [4.78, 5) is 4.49. The molecule has 0 spiro atoms. The lowest BCUT2D eigenvalue weighted by Crippen LogP contribution is -2.27. The summed E-state index contributed by atoms with van der Waals surface area (Å²) in [5.41, 5.74) is 7.02. The van der Waals surface area contributed by atoms with Gasteiger partial charge in [-0.2, -0.15) is 4.98 Å². The Bertz CT molecular complexity index is 766. The molecular weight excluding hydrogens is 262 g/mol. The van der Waals surface area contributed by atoms with Crippen LogP contribution in [0.4, 0.5) is 0 Å². The number of benzene rings is 2.